The van der Waals surface area contributed by atoms with Crippen LogP contribution in [0.15, 0.2) is 12.1 Å². The Morgan fingerprint density at radius 1 is 1.26 bits per heavy atom. The van der Waals surface area contributed by atoms with E-state index in [-0.39, 0.29) is 12.4 Å². The van der Waals surface area contributed by atoms with Crippen LogP contribution < -0.4 is 9.47 Å². The third kappa shape index (κ3) is 2.78. The molecule has 6 heteroatoms. The fourth-order valence-corrected chi connectivity index (χ4v) is 1.82. The van der Waals surface area contributed by atoms with Gasteiger partial charge in [0.1, 0.15) is 12.2 Å². The van der Waals surface area contributed by atoms with Crippen LogP contribution in [0.1, 0.15) is 12.7 Å². The molecule has 0 bridgehead atoms. The second-order valence-corrected chi connectivity index (χ2v) is 3.89. The van der Waals surface area contributed by atoms with E-state index >= 15 is 0 Å². The van der Waals surface area contributed by atoms with Gasteiger partial charge in [-0.05, 0) is 6.92 Å². The maximum Gasteiger partial charge on any atom is 0.313 e. The van der Waals surface area contributed by atoms with Crippen molar-refractivity contribution in [2.45, 2.75) is 13.3 Å². The van der Waals surface area contributed by atoms with Gasteiger partial charge in [0.2, 0.25) is 0 Å². The molecule has 1 aromatic heterocycles. The molecule has 6 nitrogen and oxygen atoms in total. The summed E-state index contributed by atoms with van der Waals surface area (Å²) >= 11 is 0. The van der Waals surface area contributed by atoms with Crippen LogP contribution in [0, 0.1) is 0 Å². The predicted octanol–water partition coefficient (Wildman–Crippen LogP) is 1.69. The van der Waals surface area contributed by atoms with E-state index in [1.54, 1.807) is 33.3 Å². The molecular formula is C13H16N2O4. The van der Waals surface area contributed by atoms with Crippen molar-refractivity contribution in [3.8, 4) is 11.5 Å². The van der Waals surface area contributed by atoms with Crippen molar-refractivity contribution in [3.05, 3.63) is 18.0 Å². The number of nitrogens with zero attached hydrogens (tertiary/aromatic N) is 1. The van der Waals surface area contributed by atoms with Crippen molar-refractivity contribution < 1.29 is 19.0 Å². The molecule has 102 valence electrons. The molecule has 1 aromatic carbocycles. The molecule has 1 heterocycles. The van der Waals surface area contributed by atoms with Crippen molar-refractivity contribution >= 4 is 17.0 Å². The highest BCUT2D eigenvalue weighted by atomic mass is 16.5. The molecular weight excluding hydrogens is 248 g/mol. The number of fused-ring (bicyclic) bond motifs is 1. The van der Waals surface area contributed by atoms with Gasteiger partial charge < -0.3 is 19.2 Å². The van der Waals surface area contributed by atoms with Gasteiger partial charge >= 0.3 is 5.97 Å². The van der Waals surface area contributed by atoms with Gasteiger partial charge in [-0.1, -0.05) is 0 Å². The van der Waals surface area contributed by atoms with E-state index < -0.39 is 0 Å². The molecule has 19 heavy (non-hydrogen) atoms. The summed E-state index contributed by atoms with van der Waals surface area (Å²) in [6.07, 6.45) is 0.118. The quantitative estimate of drug-likeness (QED) is 0.832. The Bertz CT molecular complexity index is 551. The summed E-state index contributed by atoms with van der Waals surface area (Å²) in [6, 6.07) is 3.55. The van der Waals surface area contributed by atoms with Crippen molar-refractivity contribution in [2.24, 2.45) is 0 Å². The Kier molecular flexibility index (Phi) is 3.89. The molecule has 1 N–H and O–H groups in total. The Balaban J connectivity index is 2.32. The van der Waals surface area contributed by atoms with Gasteiger partial charge in [-0.25, -0.2) is 4.98 Å². The first kappa shape index (κ1) is 13.2. The number of carbonyl (C=O) groups excluding carboxylic acids is 1. The summed E-state index contributed by atoms with van der Waals surface area (Å²) < 4.78 is 15.3. The molecule has 0 aliphatic rings. The minimum atomic E-state index is -0.305. The number of esters is 1. The summed E-state index contributed by atoms with van der Waals surface area (Å²) in [5.41, 5.74) is 1.51. The van der Waals surface area contributed by atoms with Crippen LogP contribution >= 0.6 is 0 Å². The molecule has 0 atom stereocenters. The van der Waals surface area contributed by atoms with E-state index in [9.17, 15) is 4.79 Å². The zero-order valence-electron chi connectivity index (χ0n) is 11.1. The number of hydrogen-bond donors (Lipinski definition) is 1. The number of benzene rings is 1. The molecule has 0 spiro atoms. The third-order valence-corrected chi connectivity index (χ3v) is 2.65. The van der Waals surface area contributed by atoms with Gasteiger partial charge in [0.15, 0.2) is 11.5 Å². The van der Waals surface area contributed by atoms with Gasteiger partial charge in [-0.3, -0.25) is 4.79 Å². The Hall–Kier alpha value is -2.24. The standard InChI is InChI=1S/C13H16N2O4/c1-4-19-13(16)7-12-14-8-5-10(17-2)11(18-3)6-9(8)15-12/h5-6H,4,7H2,1-3H3,(H,14,15). The first-order valence-electron chi connectivity index (χ1n) is 5.94. The molecule has 0 aliphatic heterocycles. The molecule has 2 aromatic rings. The van der Waals surface area contributed by atoms with Crippen molar-refractivity contribution in [1.29, 1.82) is 0 Å². The van der Waals surface area contributed by atoms with Crippen molar-refractivity contribution in [3.63, 3.8) is 0 Å². The van der Waals surface area contributed by atoms with Crippen LogP contribution in [0.25, 0.3) is 11.0 Å². The van der Waals surface area contributed by atoms with Gasteiger partial charge in [0.05, 0.1) is 31.9 Å². The topological polar surface area (TPSA) is 73.4 Å². The molecule has 0 saturated carbocycles. The van der Waals surface area contributed by atoms with Crippen LogP contribution in [0.5, 0.6) is 11.5 Å². The van der Waals surface area contributed by atoms with E-state index in [1.165, 1.54) is 0 Å². The maximum absolute atomic E-state index is 11.4. The number of hydrogen-bond acceptors (Lipinski definition) is 5. The molecule has 0 amide bonds. The Morgan fingerprint density at radius 2 is 1.95 bits per heavy atom. The number of methoxy groups -OCH3 is 2. The number of nitrogens with one attached hydrogen (secondary N) is 1. The van der Waals surface area contributed by atoms with Gasteiger partial charge in [-0.2, -0.15) is 0 Å². The normalized spacial score (nSPS) is 10.5. The number of aromatic amines is 1. The lowest BCUT2D eigenvalue weighted by Crippen LogP contribution is -2.08. The highest BCUT2D eigenvalue weighted by molar-refractivity contribution is 5.81. The lowest BCUT2D eigenvalue weighted by Gasteiger charge is -2.06. The number of carbonyl (C=O) groups is 1. The summed E-state index contributed by atoms with van der Waals surface area (Å²) in [5, 5.41) is 0. The number of aromatic nitrogens is 2. The van der Waals surface area contributed by atoms with E-state index in [4.69, 9.17) is 14.2 Å². The fourth-order valence-electron chi connectivity index (χ4n) is 1.82. The molecule has 0 radical (unpaired) electrons. The second-order valence-electron chi connectivity index (χ2n) is 3.89. The highest BCUT2D eigenvalue weighted by Crippen LogP contribution is 2.31. The first-order chi connectivity index (χ1) is 9.17. The zero-order chi connectivity index (χ0) is 13.8. The van der Waals surface area contributed by atoms with E-state index in [0.717, 1.165) is 11.0 Å². The van der Waals surface area contributed by atoms with Gasteiger partial charge in [0, 0.05) is 12.1 Å². The summed E-state index contributed by atoms with van der Waals surface area (Å²) in [7, 11) is 3.13. The Morgan fingerprint density at radius 3 is 2.58 bits per heavy atom. The predicted molar refractivity (Wildman–Crippen MR) is 69.5 cm³/mol. The molecule has 2 rings (SSSR count). The molecule has 0 saturated heterocycles. The third-order valence-electron chi connectivity index (χ3n) is 2.65. The van der Waals surface area contributed by atoms with E-state index in [2.05, 4.69) is 9.97 Å². The lowest BCUT2D eigenvalue weighted by molar-refractivity contribution is -0.142. The summed E-state index contributed by atoms with van der Waals surface area (Å²) in [6.45, 7) is 2.13. The lowest BCUT2D eigenvalue weighted by atomic mass is 10.3. The van der Waals surface area contributed by atoms with Crippen LogP contribution in [-0.4, -0.2) is 36.8 Å². The number of rotatable bonds is 5. The summed E-state index contributed by atoms with van der Waals surface area (Å²) in [5.74, 6) is 1.47. The first-order valence-corrected chi connectivity index (χ1v) is 5.94. The average molecular weight is 264 g/mol. The smallest absolute Gasteiger partial charge is 0.313 e. The Labute approximate surface area is 110 Å². The van der Waals surface area contributed by atoms with E-state index in [0.29, 0.717) is 23.9 Å². The van der Waals surface area contributed by atoms with Crippen LogP contribution in [0.2, 0.25) is 0 Å². The van der Waals surface area contributed by atoms with Gasteiger partial charge in [0.25, 0.3) is 0 Å². The SMILES string of the molecule is CCOC(=O)Cc1nc2cc(OC)c(OC)cc2[nH]1. The van der Waals surface area contributed by atoms with Crippen molar-refractivity contribution in [1.82, 2.24) is 9.97 Å². The van der Waals surface area contributed by atoms with E-state index in [1.807, 2.05) is 0 Å². The number of ether oxygens (including phenoxy) is 3. The maximum atomic E-state index is 11.4. The number of H-pyrrole nitrogens is 1. The average Bonchev–Trinajstić information content (AvgIpc) is 2.78. The largest absolute Gasteiger partial charge is 0.493 e. The number of imidazole rings is 1. The minimum absolute atomic E-state index is 0.118. The molecule has 0 aliphatic carbocycles. The van der Waals surface area contributed by atoms with Gasteiger partial charge in [-0.15, -0.1) is 0 Å². The zero-order valence-corrected chi connectivity index (χ0v) is 11.1. The molecule has 0 unspecified atom stereocenters. The van der Waals surface area contributed by atoms with Crippen molar-refractivity contribution in [2.75, 3.05) is 20.8 Å². The summed E-state index contributed by atoms with van der Waals surface area (Å²) in [4.78, 5) is 18.8. The van der Waals surface area contributed by atoms with Crippen LogP contribution in [0.3, 0.4) is 0 Å². The minimum Gasteiger partial charge on any atom is -0.493 e. The monoisotopic (exact) mass is 264 g/mol. The fraction of sp³-hybridized carbons (Fsp3) is 0.385. The molecule has 0 fully saturated rings. The van der Waals surface area contributed by atoms with Crippen LogP contribution in [0.4, 0.5) is 0 Å². The van der Waals surface area contributed by atoms with Crippen LogP contribution in [-0.2, 0) is 16.0 Å². The highest BCUT2D eigenvalue weighted by Gasteiger charge is 2.12. The second kappa shape index (κ2) is 5.60.